The quantitative estimate of drug-likeness (QED) is 0.579. The van der Waals surface area contributed by atoms with Crippen LogP contribution in [0.3, 0.4) is 0 Å². The summed E-state index contributed by atoms with van der Waals surface area (Å²) in [6.45, 7) is 4.83. The second-order valence-corrected chi connectivity index (χ2v) is 11.1. The number of halogens is 1. The van der Waals surface area contributed by atoms with E-state index < -0.39 is 17.0 Å². The second kappa shape index (κ2) is 8.21. The number of rotatable bonds is 5. The number of nitrogens with zero attached hydrogens (tertiary/aromatic N) is 5. The minimum Gasteiger partial charge on any atom is -0.380 e. The van der Waals surface area contributed by atoms with E-state index in [0.29, 0.717) is 43.9 Å². The molecule has 1 N–H and O–H groups in total. The average molecular weight is 504 g/mol. The Bertz CT molecular complexity index is 1470. The number of amides is 2. The lowest BCUT2D eigenvalue weighted by atomic mass is 10.0. The molecule has 2 amide bonds. The van der Waals surface area contributed by atoms with Crippen LogP contribution >= 0.6 is 0 Å². The predicted octanol–water partition coefficient (Wildman–Crippen LogP) is 3.12. The molecule has 1 aliphatic carbocycles. The number of aliphatic imine (C=N–C) groups is 1. The summed E-state index contributed by atoms with van der Waals surface area (Å²) in [4.78, 5) is 38.1. The fourth-order valence-corrected chi connectivity index (χ4v) is 5.42. The summed E-state index contributed by atoms with van der Waals surface area (Å²) in [7, 11) is 1.93. The summed E-state index contributed by atoms with van der Waals surface area (Å²) in [5.41, 5.74) is 1.48. The molecule has 0 radical (unpaired) electrons. The van der Waals surface area contributed by atoms with Gasteiger partial charge in [-0.1, -0.05) is 12.1 Å². The van der Waals surface area contributed by atoms with Crippen LogP contribution in [0.5, 0.6) is 0 Å². The smallest absolute Gasteiger partial charge is 0.255 e. The van der Waals surface area contributed by atoms with Crippen molar-refractivity contribution in [1.82, 2.24) is 19.4 Å². The van der Waals surface area contributed by atoms with Gasteiger partial charge in [-0.3, -0.25) is 19.5 Å². The summed E-state index contributed by atoms with van der Waals surface area (Å²) >= 11 is 0. The lowest BCUT2D eigenvalue weighted by Crippen LogP contribution is -2.43. The van der Waals surface area contributed by atoms with Crippen LogP contribution in [-0.2, 0) is 16.6 Å². The maximum atomic E-state index is 15.6. The molecule has 3 heterocycles. The van der Waals surface area contributed by atoms with Gasteiger partial charge in [-0.25, -0.2) is 9.37 Å². The molecule has 1 aromatic heterocycles. The fraction of sp³-hybridized carbons (Fsp3) is 0.429. The van der Waals surface area contributed by atoms with Gasteiger partial charge in [-0.05, 0) is 74.4 Å². The lowest BCUT2D eigenvalue weighted by molar-refractivity contribution is -0.141. The number of likely N-dealkylation sites (tertiary alicyclic amines) is 1. The van der Waals surface area contributed by atoms with Crippen LogP contribution in [0, 0.1) is 11.7 Å². The number of fused-ring (bicyclic) bond motifs is 1. The molecule has 2 fully saturated rings. The van der Waals surface area contributed by atoms with Gasteiger partial charge in [0, 0.05) is 26.7 Å². The zero-order valence-electron chi connectivity index (χ0n) is 21.2. The van der Waals surface area contributed by atoms with Crippen molar-refractivity contribution >= 4 is 28.7 Å². The monoisotopic (exact) mass is 503 g/mol. The van der Waals surface area contributed by atoms with Crippen molar-refractivity contribution in [2.75, 3.05) is 19.6 Å². The molecule has 2 aliphatic heterocycles. The molecule has 2 aromatic carbocycles. The van der Waals surface area contributed by atoms with E-state index in [-0.39, 0.29) is 23.3 Å². The van der Waals surface area contributed by atoms with Gasteiger partial charge in [-0.15, -0.1) is 0 Å². The third-order valence-electron chi connectivity index (χ3n) is 7.81. The van der Waals surface area contributed by atoms with Crippen LogP contribution in [0.1, 0.15) is 38.7 Å². The van der Waals surface area contributed by atoms with Crippen LogP contribution in [0.25, 0.3) is 22.2 Å². The Morgan fingerprint density at radius 2 is 1.89 bits per heavy atom. The van der Waals surface area contributed by atoms with E-state index in [4.69, 9.17) is 0 Å². The van der Waals surface area contributed by atoms with E-state index in [2.05, 4.69) is 9.98 Å². The first-order valence-corrected chi connectivity index (χ1v) is 12.7. The number of benzene rings is 2. The maximum absolute atomic E-state index is 15.6. The molecule has 3 aliphatic rings. The van der Waals surface area contributed by atoms with Crippen LogP contribution in [0.2, 0.25) is 0 Å². The van der Waals surface area contributed by atoms with Crippen molar-refractivity contribution < 1.29 is 19.1 Å². The number of hydrogen-bond acceptors (Lipinski definition) is 5. The SMILES string of the molecule is Cn1cnc2cc(-c3ccc(C4=NC(C)(C)C(=O)N4CC4CCN(C(=O)C5(O)CC5)C4)c(F)c3)ccc21. The van der Waals surface area contributed by atoms with Gasteiger partial charge in [0.2, 0.25) is 0 Å². The summed E-state index contributed by atoms with van der Waals surface area (Å²) in [5, 5.41) is 10.2. The molecular weight excluding hydrogens is 473 g/mol. The highest BCUT2D eigenvalue weighted by Crippen LogP contribution is 2.38. The normalized spacial score (nSPS) is 22.1. The molecule has 9 heteroatoms. The second-order valence-electron chi connectivity index (χ2n) is 11.1. The van der Waals surface area contributed by atoms with Gasteiger partial charge >= 0.3 is 0 Å². The van der Waals surface area contributed by atoms with Crippen LogP contribution in [0.4, 0.5) is 4.39 Å². The Labute approximate surface area is 214 Å². The van der Waals surface area contributed by atoms with E-state index in [1.165, 1.54) is 6.07 Å². The highest BCUT2D eigenvalue weighted by Gasteiger charge is 2.51. The van der Waals surface area contributed by atoms with E-state index in [9.17, 15) is 14.7 Å². The van der Waals surface area contributed by atoms with Crippen LogP contribution in [0.15, 0.2) is 47.7 Å². The van der Waals surface area contributed by atoms with E-state index >= 15 is 4.39 Å². The topological polar surface area (TPSA) is 91.0 Å². The molecule has 1 atom stereocenters. The highest BCUT2D eigenvalue weighted by atomic mass is 19.1. The van der Waals surface area contributed by atoms with Crippen molar-refractivity contribution in [1.29, 1.82) is 0 Å². The van der Waals surface area contributed by atoms with E-state index in [1.807, 2.05) is 35.9 Å². The van der Waals surface area contributed by atoms with Crippen molar-refractivity contribution in [3.63, 3.8) is 0 Å². The number of hydrogen-bond donors (Lipinski definition) is 1. The number of aryl methyl sites for hydroxylation is 1. The van der Waals surface area contributed by atoms with E-state index in [1.54, 1.807) is 36.0 Å². The minimum absolute atomic E-state index is 0.0294. The number of imidazole rings is 1. The Balaban J connectivity index is 1.25. The first kappa shape index (κ1) is 23.8. The first-order valence-electron chi connectivity index (χ1n) is 12.7. The number of aromatic nitrogens is 2. The van der Waals surface area contributed by atoms with Gasteiger partial charge in [0.15, 0.2) is 0 Å². The lowest BCUT2D eigenvalue weighted by Gasteiger charge is -2.25. The Kier molecular flexibility index (Phi) is 5.28. The molecule has 192 valence electrons. The first-order chi connectivity index (χ1) is 17.6. The maximum Gasteiger partial charge on any atom is 0.255 e. The van der Waals surface area contributed by atoms with Crippen molar-refractivity contribution in [2.45, 2.75) is 44.2 Å². The number of aliphatic hydroxyl groups is 1. The number of amidine groups is 1. The minimum atomic E-state index is -1.20. The van der Waals surface area contributed by atoms with Gasteiger partial charge < -0.3 is 14.6 Å². The van der Waals surface area contributed by atoms with Gasteiger partial charge in [0.05, 0.1) is 22.9 Å². The zero-order chi connectivity index (χ0) is 26.1. The molecule has 0 bridgehead atoms. The van der Waals surface area contributed by atoms with Crippen LogP contribution < -0.4 is 0 Å². The average Bonchev–Trinajstić information content (AvgIpc) is 3.19. The Morgan fingerprint density at radius 3 is 2.62 bits per heavy atom. The third kappa shape index (κ3) is 4.01. The molecular formula is C28H30FN5O3. The third-order valence-corrected chi connectivity index (χ3v) is 7.81. The predicted molar refractivity (Wildman–Crippen MR) is 137 cm³/mol. The fourth-order valence-electron chi connectivity index (χ4n) is 5.42. The van der Waals surface area contributed by atoms with Gasteiger partial charge in [0.25, 0.3) is 11.8 Å². The Hall–Kier alpha value is -3.59. The molecule has 37 heavy (non-hydrogen) atoms. The molecule has 1 unspecified atom stereocenters. The van der Waals surface area contributed by atoms with E-state index in [0.717, 1.165) is 23.0 Å². The van der Waals surface area contributed by atoms with Gasteiger partial charge in [0.1, 0.15) is 22.8 Å². The molecule has 8 nitrogen and oxygen atoms in total. The number of carbonyl (C=O) groups is 2. The van der Waals surface area contributed by atoms with Crippen molar-refractivity contribution in [3.05, 3.63) is 54.1 Å². The molecule has 1 saturated carbocycles. The molecule has 1 saturated heterocycles. The molecule has 0 spiro atoms. The number of carbonyl (C=O) groups excluding carboxylic acids is 2. The highest BCUT2D eigenvalue weighted by molar-refractivity contribution is 6.15. The van der Waals surface area contributed by atoms with Gasteiger partial charge in [-0.2, -0.15) is 0 Å². The van der Waals surface area contributed by atoms with Crippen molar-refractivity contribution in [2.24, 2.45) is 18.0 Å². The standard InChI is InChI=1S/C28H30FN5O3/c1-27(2)25(35)34(15-17-8-11-33(14-17)26(36)28(37)9-10-28)24(31-27)20-6-4-18(12-21(20)29)19-5-7-23-22(13-19)30-16-32(23)3/h4-7,12-13,16-17,37H,8-11,14-15H2,1-3H3. The van der Waals surface area contributed by atoms with Crippen molar-refractivity contribution in [3.8, 4) is 11.1 Å². The summed E-state index contributed by atoms with van der Waals surface area (Å²) in [6.07, 6.45) is 3.48. The summed E-state index contributed by atoms with van der Waals surface area (Å²) in [5.74, 6) is -0.502. The molecule has 6 rings (SSSR count). The van der Waals surface area contributed by atoms with Crippen LogP contribution in [-0.4, -0.2) is 72.9 Å². The molecule has 3 aromatic rings. The summed E-state index contributed by atoms with van der Waals surface area (Å²) < 4.78 is 17.5. The zero-order valence-corrected chi connectivity index (χ0v) is 21.2. The summed E-state index contributed by atoms with van der Waals surface area (Å²) in [6, 6.07) is 10.8. The largest absolute Gasteiger partial charge is 0.380 e. The Morgan fingerprint density at radius 1 is 1.16 bits per heavy atom.